The second kappa shape index (κ2) is 4.42. The monoisotopic (exact) mass is 230 g/mol. The molecule has 0 bridgehead atoms. The standard InChI is InChI=1S/C14H6N4/c15-5-9(6-16)11-1-2-12(10(7-17)8-18)14-4-3-13(11)14/h1-4,13-14H. The van der Waals surface area contributed by atoms with Gasteiger partial charge in [0.05, 0.1) is 0 Å². The highest BCUT2D eigenvalue weighted by Crippen LogP contribution is 2.43. The molecule has 0 amide bonds. The maximum atomic E-state index is 8.87. The van der Waals surface area contributed by atoms with E-state index in [1.807, 2.05) is 36.4 Å². The minimum Gasteiger partial charge on any atom is -0.192 e. The van der Waals surface area contributed by atoms with Gasteiger partial charge >= 0.3 is 0 Å². The molecule has 0 heterocycles. The fourth-order valence-corrected chi connectivity index (χ4v) is 2.14. The lowest BCUT2D eigenvalue weighted by atomic mass is 9.67. The topological polar surface area (TPSA) is 95.2 Å². The Morgan fingerprint density at radius 3 is 1.28 bits per heavy atom. The Hall–Kier alpha value is -3.08. The van der Waals surface area contributed by atoms with Crippen LogP contribution in [0.2, 0.25) is 0 Å². The zero-order chi connectivity index (χ0) is 13.1. The van der Waals surface area contributed by atoms with Crippen LogP contribution < -0.4 is 0 Å². The molecule has 18 heavy (non-hydrogen) atoms. The van der Waals surface area contributed by atoms with Crippen LogP contribution in [0.3, 0.4) is 0 Å². The van der Waals surface area contributed by atoms with Crippen molar-refractivity contribution in [1.29, 1.82) is 21.0 Å². The summed E-state index contributed by atoms with van der Waals surface area (Å²) in [7, 11) is 0. The second-order valence-corrected chi connectivity index (χ2v) is 3.88. The normalized spacial score (nSPS) is 22.7. The lowest BCUT2D eigenvalue weighted by Crippen LogP contribution is -2.26. The van der Waals surface area contributed by atoms with Gasteiger partial charge < -0.3 is 0 Å². The molecule has 2 atom stereocenters. The van der Waals surface area contributed by atoms with Crippen LogP contribution in [-0.2, 0) is 0 Å². The van der Waals surface area contributed by atoms with Crippen molar-refractivity contribution in [2.75, 3.05) is 0 Å². The van der Waals surface area contributed by atoms with Crippen LogP contribution in [0.4, 0.5) is 0 Å². The van der Waals surface area contributed by atoms with Gasteiger partial charge in [0.2, 0.25) is 0 Å². The lowest BCUT2D eigenvalue weighted by Gasteiger charge is -2.34. The van der Waals surface area contributed by atoms with Gasteiger partial charge in [-0.05, 0) is 11.1 Å². The predicted octanol–water partition coefficient (Wildman–Crippen LogP) is 2.05. The van der Waals surface area contributed by atoms with E-state index in [0.717, 1.165) is 0 Å². The van der Waals surface area contributed by atoms with E-state index in [4.69, 9.17) is 21.0 Å². The van der Waals surface area contributed by atoms with Crippen LogP contribution in [0, 0.1) is 57.2 Å². The molecule has 0 saturated carbocycles. The molecule has 2 unspecified atom stereocenters. The summed E-state index contributed by atoms with van der Waals surface area (Å²) in [5.41, 5.74) is 1.48. The quantitative estimate of drug-likeness (QED) is 0.470. The summed E-state index contributed by atoms with van der Waals surface area (Å²) in [6.45, 7) is 0. The van der Waals surface area contributed by atoms with Crippen molar-refractivity contribution in [3.63, 3.8) is 0 Å². The molecular formula is C14H6N4. The molecule has 82 valence electrons. The Labute approximate surface area is 104 Å². The van der Waals surface area contributed by atoms with E-state index >= 15 is 0 Å². The molecule has 0 aromatic carbocycles. The molecule has 4 nitrogen and oxygen atoms in total. The fourth-order valence-electron chi connectivity index (χ4n) is 2.14. The summed E-state index contributed by atoms with van der Waals surface area (Å²) in [6, 6.07) is 7.46. The smallest absolute Gasteiger partial charge is 0.133 e. The number of allylic oxidation sites excluding steroid dienone is 8. The van der Waals surface area contributed by atoms with E-state index in [2.05, 4.69) is 0 Å². The molecule has 0 aliphatic heterocycles. The molecule has 0 radical (unpaired) electrons. The summed E-state index contributed by atoms with van der Waals surface area (Å²) in [5, 5.41) is 35.5. The third-order valence-corrected chi connectivity index (χ3v) is 3.10. The van der Waals surface area contributed by atoms with Gasteiger partial charge in [-0.2, -0.15) is 21.0 Å². The van der Waals surface area contributed by atoms with E-state index in [0.29, 0.717) is 11.1 Å². The first-order valence-corrected chi connectivity index (χ1v) is 5.22. The molecule has 0 fully saturated rings. The van der Waals surface area contributed by atoms with E-state index in [9.17, 15) is 0 Å². The minimum absolute atomic E-state index is 0.0731. The summed E-state index contributed by atoms with van der Waals surface area (Å²) >= 11 is 0. The summed E-state index contributed by atoms with van der Waals surface area (Å²) < 4.78 is 0. The van der Waals surface area contributed by atoms with E-state index in [1.165, 1.54) is 0 Å². The summed E-state index contributed by atoms with van der Waals surface area (Å²) in [4.78, 5) is 0. The van der Waals surface area contributed by atoms with Crippen molar-refractivity contribution in [1.82, 2.24) is 0 Å². The second-order valence-electron chi connectivity index (χ2n) is 3.88. The number of nitrogens with zero attached hydrogens (tertiary/aromatic N) is 4. The van der Waals surface area contributed by atoms with E-state index < -0.39 is 0 Å². The van der Waals surface area contributed by atoms with Gasteiger partial charge in [0.1, 0.15) is 35.4 Å². The Morgan fingerprint density at radius 1 is 0.722 bits per heavy atom. The van der Waals surface area contributed by atoms with Crippen molar-refractivity contribution in [3.8, 4) is 24.3 Å². The van der Waals surface area contributed by atoms with Crippen molar-refractivity contribution in [2.24, 2.45) is 11.8 Å². The zero-order valence-electron chi connectivity index (χ0n) is 9.25. The molecule has 0 aromatic rings. The third kappa shape index (κ3) is 1.51. The SMILES string of the molecule is N#CC(C#N)=C1C=CC(=C(C#N)C#N)C2C=CC12. The van der Waals surface area contributed by atoms with Crippen LogP contribution in [0.15, 0.2) is 46.6 Å². The first kappa shape index (κ1) is 11.4. The van der Waals surface area contributed by atoms with Gasteiger partial charge in [-0.3, -0.25) is 0 Å². The number of nitriles is 4. The van der Waals surface area contributed by atoms with Crippen molar-refractivity contribution < 1.29 is 0 Å². The number of hydrogen-bond acceptors (Lipinski definition) is 4. The van der Waals surface area contributed by atoms with Crippen molar-refractivity contribution in [3.05, 3.63) is 46.6 Å². The van der Waals surface area contributed by atoms with Gasteiger partial charge in [0.25, 0.3) is 0 Å². The summed E-state index contributed by atoms with van der Waals surface area (Å²) in [5.74, 6) is -0.146. The number of hydrogen-bond donors (Lipinski definition) is 0. The van der Waals surface area contributed by atoms with E-state index in [1.54, 1.807) is 12.2 Å². The van der Waals surface area contributed by atoms with Crippen LogP contribution in [0.25, 0.3) is 0 Å². The van der Waals surface area contributed by atoms with Crippen molar-refractivity contribution >= 4 is 0 Å². The summed E-state index contributed by atoms with van der Waals surface area (Å²) in [6.07, 6.45) is 7.06. The Balaban J connectivity index is 2.59. The van der Waals surface area contributed by atoms with E-state index in [-0.39, 0.29) is 23.0 Å². The molecule has 2 aliphatic rings. The van der Waals surface area contributed by atoms with Gasteiger partial charge in [-0.25, -0.2) is 0 Å². The predicted molar refractivity (Wildman–Crippen MR) is 61.8 cm³/mol. The average Bonchev–Trinajstić information content (AvgIpc) is 2.35. The fraction of sp³-hybridized carbons (Fsp3) is 0.143. The lowest BCUT2D eigenvalue weighted by molar-refractivity contribution is 0.555. The first-order valence-electron chi connectivity index (χ1n) is 5.22. The van der Waals surface area contributed by atoms with Crippen LogP contribution in [-0.4, -0.2) is 0 Å². The maximum Gasteiger partial charge on any atom is 0.133 e. The Kier molecular flexibility index (Phi) is 2.80. The zero-order valence-corrected chi connectivity index (χ0v) is 9.25. The maximum absolute atomic E-state index is 8.87. The minimum atomic E-state index is -0.0731. The van der Waals surface area contributed by atoms with Crippen LogP contribution in [0.1, 0.15) is 0 Å². The highest BCUT2D eigenvalue weighted by Gasteiger charge is 2.35. The van der Waals surface area contributed by atoms with Gasteiger partial charge in [0, 0.05) is 11.8 Å². The Bertz CT molecular complexity index is 598. The largest absolute Gasteiger partial charge is 0.192 e. The van der Waals surface area contributed by atoms with Gasteiger partial charge in [-0.15, -0.1) is 0 Å². The molecule has 4 heteroatoms. The van der Waals surface area contributed by atoms with Gasteiger partial charge in [0.15, 0.2) is 0 Å². The molecule has 2 aliphatic carbocycles. The molecule has 2 rings (SSSR count). The number of rotatable bonds is 0. The molecular weight excluding hydrogens is 224 g/mol. The average molecular weight is 230 g/mol. The third-order valence-electron chi connectivity index (χ3n) is 3.10. The number of fused-ring (bicyclic) bond motifs is 1. The highest BCUT2D eigenvalue weighted by atomic mass is 14.4. The van der Waals surface area contributed by atoms with Crippen LogP contribution >= 0.6 is 0 Å². The Morgan fingerprint density at radius 2 is 1.06 bits per heavy atom. The molecule has 0 spiro atoms. The first-order chi connectivity index (χ1) is 8.76. The molecule has 0 saturated heterocycles. The van der Waals surface area contributed by atoms with Crippen LogP contribution in [0.5, 0.6) is 0 Å². The van der Waals surface area contributed by atoms with Gasteiger partial charge in [-0.1, -0.05) is 24.3 Å². The van der Waals surface area contributed by atoms with Crippen molar-refractivity contribution in [2.45, 2.75) is 0 Å². The molecule has 0 N–H and O–H groups in total. The molecule has 0 aromatic heterocycles. The highest BCUT2D eigenvalue weighted by molar-refractivity contribution is 5.59.